The highest BCUT2D eigenvalue weighted by molar-refractivity contribution is 9.09. The quantitative estimate of drug-likeness (QED) is 0.619. The van der Waals surface area contributed by atoms with Crippen LogP contribution in [-0.2, 0) is 0 Å². The van der Waals surface area contributed by atoms with Gasteiger partial charge in [-0.15, -0.1) is 0 Å². The minimum atomic E-state index is 0.718. The van der Waals surface area contributed by atoms with Crippen LogP contribution < -0.4 is 0 Å². The van der Waals surface area contributed by atoms with E-state index in [-0.39, 0.29) is 0 Å². The van der Waals surface area contributed by atoms with Gasteiger partial charge in [-0.25, -0.2) is 0 Å². The van der Waals surface area contributed by atoms with E-state index in [0.29, 0.717) is 0 Å². The number of alkyl halides is 1. The highest BCUT2D eigenvalue weighted by atomic mass is 79.9. The average Bonchev–Trinajstić information content (AvgIpc) is 1.90. The Labute approximate surface area is 66.6 Å². The molecular weight excluding hydrogens is 178 g/mol. The van der Waals surface area contributed by atoms with Crippen molar-refractivity contribution in [1.29, 1.82) is 0 Å². The van der Waals surface area contributed by atoms with Gasteiger partial charge in [0.05, 0.1) is 0 Å². The summed E-state index contributed by atoms with van der Waals surface area (Å²) in [4.78, 5) is 2.36. The molecule has 0 aromatic carbocycles. The van der Waals surface area contributed by atoms with E-state index in [1.54, 1.807) is 0 Å². The lowest BCUT2D eigenvalue weighted by Gasteiger charge is -2.23. The predicted octanol–water partition coefficient (Wildman–Crippen LogP) is 2.11. The van der Waals surface area contributed by atoms with Gasteiger partial charge in [0.1, 0.15) is 0 Å². The molecule has 0 amide bonds. The summed E-state index contributed by atoms with van der Waals surface area (Å²) in [6.07, 6.45) is 1.23. The van der Waals surface area contributed by atoms with E-state index in [0.717, 1.165) is 17.9 Å². The number of rotatable bonds is 4. The largest absolute Gasteiger partial charge is 0.303 e. The number of hydrogen-bond acceptors (Lipinski definition) is 1. The van der Waals surface area contributed by atoms with Crippen molar-refractivity contribution in [3.8, 4) is 0 Å². The molecule has 0 N–H and O–H groups in total. The molecule has 0 aromatic rings. The fourth-order valence-corrected chi connectivity index (χ4v) is 1.75. The van der Waals surface area contributed by atoms with Gasteiger partial charge in [-0.2, -0.15) is 0 Å². The van der Waals surface area contributed by atoms with Gasteiger partial charge < -0.3 is 4.90 Å². The third kappa shape index (κ3) is 3.21. The normalized spacial score (nSPS) is 14.3. The van der Waals surface area contributed by atoms with E-state index < -0.39 is 0 Å². The van der Waals surface area contributed by atoms with Crippen LogP contribution in [-0.4, -0.2) is 29.9 Å². The Bertz CT molecular complexity index is 61.9. The van der Waals surface area contributed by atoms with Gasteiger partial charge in [0.15, 0.2) is 0 Å². The first-order valence-electron chi connectivity index (χ1n) is 3.52. The molecule has 1 unspecified atom stereocenters. The molecule has 1 atom stereocenters. The standard InChI is InChI=1S/C7H16BrN/c1-4-7(6-8)9(3)5-2/h7H,4-6H2,1-3H3. The molecule has 0 bridgehead atoms. The molecule has 0 heterocycles. The predicted molar refractivity (Wildman–Crippen MR) is 46.2 cm³/mol. The molecular formula is C7H16BrN. The Hall–Kier alpha value is 0.440. The highest BCUT2D eigenvalue weighted by Crippen LogP contribution is 2.03. The summed E-state index contributed by atoms with van der Waals surface area (Å²) in [5.41, 5.74) is 0. The third-order valence-corrected chi connectivity index (χ3v) is 2.52. The molecule has 1 nitrogen and oxygen atoms in total. The van der Waals surface area contributed by atoms with E-state index in [1.807, 2.05) is 0 Å². The first-order valence-corrected chi connectivity index (χ1v) is 4.64. The van der Waals surface area contributed by atoms with Crippen LogP contribution >= 0.6 is 15.9 Å². The van der Waals surface area contributed by atoms with Crippen LogP contribution in [0.5, 0.6) is 0 Å². The summed E-state index contributed by atoms with van der Waals surface area (Å²) in [6, 6.07) is 0.718. The van der Waals surface area contributed by atoms with Gasteiger partial charge in [0.2, 0.25) is 0 Å². The van der Waals surface area contributed by atoms with E-state index in [9.17, 15) is 0 Å². The van der Waals surface area contributed by atoms with Crippen LogP contribution in [0.25, 0.3) is 0 Å². The monoisotopic (exact) mass is 193 g/mol. The molecule has 56 valence electrons. The fourth-order valence-electron chi connectivity index (χ4n) is 0.797. The van der Waals surface area contributed by atoms with Crippen molar-refractivity contribution in [3.63, 3.8) is 0 Å². The second-order valence-electron chi connectivity index (χ2n) is 2.29. The van der Waals surface area contributed by atoms with Crippen LogP contribution in [0.4, 0.5) is 0 Å². The third-order valence-electron chi connectivity index (χ3n) is 1.77. The topological polar surface area (TPSA) is 3.24 Å². The van der Waals surface area contributed by atoms with Gasteiger partial charge in [-0.1, -0.05) is 29.8 Å². The summed E-state index contributed by atoms with van der Waals surface area (Å²) in [6.45, 7) is 5.55. The Morgan fingerprint density at radius 2 is 2.00 bits per heavy atom. The summed E-state index contributed by atoms with van der Waals surface area (Å²) in [5, 5.41) is 1.09. The van der Waals surface area contributed by atoms with Crippen molar-refractivity contribution < 1.29 is 0 Å². The molecule has 2 heteroatoms. The molecule has 0 aromatic heterocycles. The summed E-state index contributed by atoms with van der Waals surface area (Å²) >= 11 is 3.48. The van der Waals surface area contributed by atoms with Crippen LogP contribution in [0, 0.1) is 0 Å². The van der Waals surface area contributed by atoms with Gasteiger partial charge in [-0.05, 0) is 20.0 Å². The Morgan fingerprint density at radius 3 is 2.11 bits per heavy atom. The molecule has 0 radical (unpaired) electrons. The van der Waals surface area contributed by atoms with E-state index in [4.69, 9.17) is 0 Å². The maximum Gasteiger partial charge on any atom is 0.0188 e. The lowest BCUT2D eigenvalue weighted by Crippen LogP contribution is -2.31. The SMILES string of the molecule is CCC(CBr)N(C)CC. The van der Waals surface area contributed by atoms with Crippen LogP contribution in [0.2, 0.25) is 0 Å². The van der Waals surface area contributed by atoms with Gasteiger partial charge >= 0.3 is 0 Å². The maximum atomic E-state index is 3.48. The minimum Gasteiger partial charge on any atom is -0.303 e. The lowest BCUT2D eigenvalue weighted by molar-refractivity contribution is 0.270. The zero-order chi connectivity index (χ0) is 7.28. The second kappa shape index (κ2) is 5.24. The van der Waals surface area contributed by atoms with Crippen molar-refractivity contribution in [2.45, 2.75) is 26.3 Å². The Morgan fingerprint density at radius 1 is 1.44 bits per heavy atom. The number of hydrogen-bond donors (Lipinski definition) is 0. The first kappa shape index (κ1) is 9.44. The molecule has 0 saturated heterocycles. The zero-order valence-corrected chi connectivity index (χ0v) is 8.11. The smallest absolute Gasteiger partial charge is 0.0188 e. The second-order valence-corrected chi connectivity index (χ2v) is 2.94. The van der Waals surface area contributed by atoms with Crippen molar-refractivity contribution in [3.05, 3.63) is 0 Å². The van der Waals surface area contributed by atoms with Crippen molar-refractivity contribution >= 4 is 15.9 Å². The molecule has 9 heavy (non-hydrogen) atoms. The molecule has 0 aliphatic heterocycles. The fraction of sp³-hybridized carbons (Fsp3) is 1.00. The van der Waals surface area contributed by atoms with Crippen LogP contribution in [0.3, 0.4) is 0 Å². The zero-order valence-electron chi connectivity index (χ0n) is 6.52. The lowest BCUT2D eigenvalue weighted by atomic mass is 10.2. The van der Waals surface area contributed by atoms with E-state index >= 15 is 0 Å². The molecule has 0 aliphatic carbocycles. The van der Waals surface area contributed by atoms with Crippen molar-refractivity contribution in [2.24, 2.45) is 0 Å². The van der Waals surface area contributed by atoms with Gasteiger partial charge in [0.25, 0.3) is 0 Å². The average molecular weight is 194 g/mol. The molecule has 0 aliphatic rings. The van der Waals surface area contributed by atoms with E-state index in [1.165, 1.54) is 6.42 Å². The maximum absolute atomic E-state index is 3.48. The highest BCUT2D eigenvalue weighted by Gasteiger charge is 2.07. The number of nitrogens with zero attached hydrogens (tertiary/aromatic N) is 1. The van der Waals surface area contributed by atoms with Gasteiger partial charge in [0, 0.05) is 11.4 Å². The minimum absolute atomic E-state index is 0.718. The molecule has 0 spiro atoms. The summed E-state index contributed by atoms with van der Waals surface area (Å²) < 4.78 is 0. The van der Waals surface area contributed by atoms with Crippen molar-refractivity contribution in [1.82, 2.24) is 4.90 Å². The van der Waals surface area contributed by atoms with Crippen LogP contribution in [0.1, 0.15) is 20.3 Å². The van der Waals surface area contributed by atoms with Gasteiger partial charge in [-0.3, -0.25) is 0 Å². The molecule has 0 fully saturated rings. The van der Waals surface area contributed by atoms with Crippen molar-refractivity contribution in [2.75, 3.05) is 18.9 Å². The Kier molecular flexibility index (Phi) is 5.50. The van der Waals surface area contributed by atoms with Crippen LogP contribution in [0.15, 0.2) is 0 Å². The Balaban J connectivity index is 3.50. The first-order chi connectivity index (χ1) is 4.26. The van der Waals surface area contributed by atoms with E-state index in [2.05, 4.69) is 41.7 Å². The molecule has 0 rings (SSSR count). The summed E-state index contributed by atoms with van der Waals surface area (Å²) in [5.74, 6) is 0. The molecule has 0 saturated carbocycles. The number of halogens is 1. The summed E-state index contributed by atoms with van der Waals surface area (Å²) in [7, 11) is 2.16.